The minimum Gasteiger partial charge on any atom is -0.436 e. The molecule has 0 fully saturated rings. The van der Waals surface area contributed by atoms with Crippen LogP contribution in [-0.4, -0.2) is 15.0 Å². The average Bonchev–Trinajstić information content (AvgIpc) is 3.96. The molecule has 4 heterocycles. The summed E-state index contributed by atoms with van der Waals surface area (Å²) < 4.78 is 13.4. The SMILES string of the molecule is c1ccc2oc(-c3ccc(N(c4ccc(-c5nc6ccccc6o5)cc4)c4ccc5cc(-c6ccc7c(c6)sc6ncccc67)ccc5c4)cc3)nc2c1. The number of hydrogen-bond donors (Lipinski definition) is 0. The highest BCUT2D eigenvalue weighted by Gasteiger charge is 2.17. The molecule has 0 saturated heterocycles. The van der Waals surface area contributed by atoms with Crippen molar-refractivity contribution in [1.29, 1.82) is 0 Å². The van der Waals surface area contributed by atoms with Crippen LogP contribution in [0.15, 0.2) is 179 Å². The van der Waals surface area contributed by atoms with E-state index in [9.17, 15) is 0 Å². The molecule has 7 aromatic carbocycles. The fourth-order valence-electron chi connectivity index (χ4n) is 7.29. The third kappa shape index (κ3) is 5.21. The van der Waals surface area contributed by atoms with E-state index in [2.05, 4.69) is 119 Å². The molecule has 0 aliphatic heterocycles. The molecule has 0 bridgehead atoms. The van der Waals surface area contributed by atoms with E-state index in [1.165, 1.54) is 32.0 Å². The minimum atomic E-state index is 0.599. The van der Waals surface area contributed by atoms with Gasteiger partial charge in [0.2, 0.25) is 11.8 Å². The Hall–Kier alpha value is -7.09. The molecule has 0 spiro atoms. The van der Waals surface area contributed by atoms with Gasteiger partial charge in [-0.3, -0.25) is 0 Å². The maximum atomic E-state index is 6.08. The second kappa shape index (κ2) is 12.3. The van der Waals surface area contributed by atoms with Gasteiger partial charge in [0.05, 0.1) is 0 Å². The van der Waals surface area contributed by atoms with Crippen molar-refractivity contribution in [2.75, 3.05) is 4.90 Å². The monoisotopic (exact) mass is 712 g/mol. The van der Waals surface area contributed by atoms with Crippen molar-refractivity contribution in [2.24, 2.45) is 0 Å². The van der Waals surface area contributed by atoms with Crippen LogP contribution in [0.1, 0.15) is 0 Å². The number of fused-ring (bicyclic) bond motifs is 6. The minimum absolute atomic E-state index is 0.599. The Kier molecular flexibility index (Phi) is 6.93. The highest BCUT2D eigenvalue weighted by atomic mass is 32.1. The smallest absolute Gasteiger partial charge is 0.227 e. The summed E-state index contributed by atoms with van der Waals surface area (Å²) in [6.07, 6.45) is 1.86. The van der Waals surface area contributed by atoms with Crippen LogP contribution in [0.2, 0.25) is 0 Å². The molecule has 0 aliphatic carbocycles. The van der Waals surface area contributed by atoms with Crippen molar-refractivity contribution >= 4 is 81.7 Å². The molecule has 254 valence electrons. The molecule has 54 heavy (non-hydrogen) atoms. The van der Waals surface area contributed by atoms with Crippen molar-refractivity contribution in [3.63, 3.8) is 0 Å². The first-order valence-electron chi connectivity index (χ1n) is 17.7. The Morgan fingerprint density at radius 2 is 1.00 bits per heavy atom. The van der Waals surface area contributed by atoms with E-state index in [0.717, 1.165) is 60.6 Å². The quantitative estimate of drug-likeness (QED) is 0.171. The highest BCUT2D eigenvalue weighted by Crippen LogP contribution is 2.40. The summed E-state index contributed by atoms with van der Waals surface area (Å²) in [5.74, 6) is 1.20. The average molecular weight is 713 g/mol. The summed E-state index contributed by atoms with van der Waals surface area (Å²) in [5.41, 5.74) is 10.5. The van der Waals surface area contributed by atoms with Gasteiger partial charge in [0.1, 0.15) is 15.9 Å². The van der Waals surface area contributed by atoms with Crippen LogP contribution in [0.4, 0.5) is 17.1 Å². The lowest BCUT2D eigenvalue weighted by Crippen LogP contribution is -2.09. The van der Waals surface area contributed by atoms with Crippen LogP contribution >= 0.6 is 11.3 Å². The number of anilines is 3. The number of nitrogens with zero attached hydrogens (tertiary/aromatic N) is 4. The van der Waals surface area contributed by atoms with E-state index in [0.29, 0.717) is 11.8 Å². The molecule has 7 heteroatoms. The first-order chi connectivity index (χ1) is 26.7. The highest BCUT2D eigenvalue weighted by molar-refractivity contribution is 7.25. The third-order valence-electron chi connectivity index (χ3n) is 10.00. The number of aromatic nitrogens is 3. The molecule has 11 rings (SSSR count). The van der Waals surface area contributed by atoms with Crippen molar-refractivity contribution < 1.29 is 8.83 Å². The molecule has 0 saturated carbocycles. The van der Waals surface area contributed by atoms with E-state index in [1.807, 2.05) is 60.8 Å². The van der Waals surface area contributed by atoms with E-state index >= 15 is 0 Å². The molecule has 0 atom stereocenters. The number of rotatable bonds is 6. The number of benzene rings is 7. The first kappa shape index (κ1) is 30.5. The van der Waals surface area contributed by atoms with Crippen molar-refractivity contribution in [3.05, 3.63) is 170 Å². The topological polar surface area (TPSA) is 68.2 Å². The molecule has 4 aromatic heterocycles. The first-order valence-corrected chi connectivity index (χ1v) is 18.6. The van der Waals surface area contributed by atoms with Gasteiger partial charge in [-0.05, 0) is 131 Å². The molecular weight excluding hydrogens is 685 g/mol. The lowest BCUT2D eigenvalue weighted by Gasteiger charge is -2.26. The summed E-state index contributed by atoms with van der Waals surface area (Å²) in [4.78, 5) is 17.4. The number of thiophene rings is 1. The van der Waals surface area contributed by atoms with E-state index in [1.54, 1.807) is 11.3 Å². The van der Waals surface area contributed by atoms with Crippen LogP contribution in [0.5, 0.6) is 0 Å². The standard InChI is InChI=1S/C47H28N4O2S/c1-3-9-42-40(7-1)49-45(52-42)29-13-19-35(20-14-29)51(36-21-15-30(16-22-36)46-50-41-8-2-4-10-43(41)53-46)37-23-17-32-26-31(11-12-33(32)27-37)34-18-24-38-39-6-5-25-48-47(39)54-44(38)28-34/h1-28H. The Morgan fingerprint density at radius 1 is 0.444 bits per heavy atom. The lowest BCUT2D eigenvalue weighted by atomic mass is 9.99. The molecular formula is C47H28N4O2S. The van der Waals surface area contributed by atoms with Gasteiger partial charge >= 0.3 is 0 Å². The summed E-state index contributed by atoms with van der Waals surface area (Å²) in [6.45, 7) is 0. The van der Waals surface area contributed by atoms with Crippen molar-refractivity contribution in [3.8, 4) is 34.0 Å². The van der Waals surface area contributed by atoms with Crippen molar-refractivity contribution in [2.45, 2.75) is 0 Å². The van der Waals surface area contributed by atoms with Crippen LogP contribution < -0.4 is 4.90 Å². The van der Waals surface area contributed by atoms with Crippen LogP contribution in [0.25, 0.3) is 87.3 Å². The van der Waals surface area contributed by atoms with Gasteiger partial charge in [-0.15, -0.1) is 11.3 Å². The van der Waals surface area contributed by atoms with E-state index in [-0.39, 0.29) is 0 Å². The zero-order valence-electron chi connectivity index (χ0n) is 28.7. The summed E-state index contributed by atoms with van der Waals surface area (Å²) in [5, 5.41) is 4.79. The Balaban J connectivity index is 0.972. The van der Waals surface area contributed by atoms with E-state index < -0.39 is 0 Å². The normalized spacial score (nSPS) is 11.7. The van der Waals surface area contributed by atoms with Gasteiger partial charge in [0.15, 0.2) is 11.2 Å². The number of hydrogen-bond acceptors (Lipinski definition) is 7. The zero-order valence-corrected chi connectivity index (χ0v) is 29.5. The second-order valence-electron chi connectivity index (χ2n) is 13.3. The number of pyridine rings is 1. The fourth-order valence-corrected chi connectivity index (χ4v) is 8.37. The second-order valence-corrected chi connectivity index (χ2v) is 14.3. The summed E-state index contributed by atoms with van der Waals surface area (Å²) in [6, 6.07) is 56.7. The fraction of sp³-hybridized carbons (Fsp3) is 0. The Morgan fingerprint density at radius 3 is 1.67 bits per heavy atom. The number of para-hydroxylation sites is 4. The van der Waals surface area contributed by atoms with Gasteiger partial charge in [-0.25, -0.2) is 15.0 Å². The van der Waals surface area contributed by atoms with Gasteiger partial charge in [-0.1, -0.05) is 54.6 Å². The maximum Gasteiger partial charge on any atom is 0.227 e. The lowest BCUT2D eigenvalue weighted by molar-refractivity contribution is 0.619. The maximum absolute atomic E-state index is 6.08. The predicted molar refractivity (Wildman–Crippen MR) is 221 cm³/mol. The molecule has 0 amide bonds. The Labute approximate surface area is 313 Å². The molecule has 0 aliphatic rings. The molecule has 0 radical (unpaired) electrons. The molecule has 0 N–H and O–H groups in total. The van der Waals surface area contributed by atoms with Crippen molar-refractivity contribution in [1.82, 2.24) is 15.0 Å². The van der Waals surface area contributed by atoms with Gasteiger partial charge in [0, 0.05) is 49.9 Å². The van der Waals surface area contributed by atoms with Crippen LogP contribution in [0.3, 0.4) is 0 Å². The third-order valence-corrected chi connectivity index (χ3v) is 11.1. The van der Waals surface area contributed by atoms with Gasteiger partial charge in [0.25, 0.3) is 0 Å². The predicted octanol–water partition coefficient (Wildman–Crippen LogP) is 13.4. The molecule has 6 nitrogen and oxygen atoms in total. The largest absolute Gasteiger partial charge is 0.436 e. The molecule has 0 unspecified atom stereocenters. The Bertz CT molecular complexity index is 2990. The van der Waals surface area contributed by atoms with E-state index in [4.69, 9.17) is 18.8 Å². The number of oxazole rings is 2. The van der Waals surface area contributed by atoms with Gasteiger partial charge < -0.3 is 13.7 Å². The molecule has 11 aromatic rings. The summed E-state index contributed by atoms with van der Waals surface area (Å²) in [7, 11) is 0. The van der Waals surface area contributed by atoms with Crippen LogP contribution in [0, 0.1) is 0 Å². The van der Waals surface area contributed by atoms with Gasteiger partial charge in [-0.2, -0.15) is 0 Å². The van der Waals surface area contributed by atoms with Crippen LogP contribution in [-0.2, 0) is 0 Å². The zero-order chi connectivity index (χ0) is 35.6. The summed E-state index contributed by atoms with van der Waals surface area (Å²) >= 11 is 1.74.